The highest BCUT2D eigenvalue weighted by Crippen LogP contribution is 2.19. The molecule has 0 spiro atoms. The van der Waals surface area contributed by atoms with E-state index in [-0.39, 0.29) is 5.25 Å². The first-order chi connectivity index (χ1) is 11.1. The molecule has 7 heteroatoms. The van der Waals surface area contributed by atoms with E-state index in [1.165, 1.54) is 5.56 Å². The molecule has 2 heterocycles. The van der Waals surface area contributed by atoms with E-state index in [2.05, 4.69) is 26.9 Å². The topological polar surface area (TPSA) is 67.2 Å². The van der Waals surface area contributed by atoms with Crippen molar-refractivity contribution < 1.29 is 8.42 Å². The first-order valence-electron chi connectivity index (χ1n) is 7.88. The van der Waals surface area contributed by atoms with E-state index in [1.807, 2.05) is 36.0 Å². The van der Waals surface area contributed by atoms with Crippen molar-refractivity contribution in [3.05, 3.63) is 48.3 Å². The molecule has 1 saturated heterocycles. The van der Waals surface area contributed by atoms with Gasteiger partial charge in [-0.15, -0.1) is 0 Å². The first-order valence-corrected chi connectivity index (χ1v) is 9.43. The Hall–Kier alpha value is -1.70. The molecule has 0 aliphatic carbocycles. The molecule has 1 aliphatic rings. The van der Waals surface area contributed by atoms with Crippen molar-refractivity contribution in [2.45, 2.75) is 25.1 Å². The molecular weight excluding hydrogens is 312 g/mol. The molecular formula is C16H22N4O2S. The minimum Gasteiger partial charge on any atom is -0.298 e. The second-order valence-electron chi connectivity index (χ2n) is 5.81. The third-order valence-corrected chi connectivity index (χ3v) is 6.05. The summed E-state index contributed by atoms with van der Waals surface area (Å²) in [6, 6.07) is 10.1. The van der Waals surface area contributed by atoms with Crippen LogP contribution in [0.1, 0.15) is 18.9 Å². The lowest BCUT2D eigenvalue weighted by atomic mass is 10.2. The molecule has 6 nitrogen and oxygen atoms in total. The molecule has 0 amide bonds. The van der Waals surface area contributed by atoms with Crippen LogP contribution in [0, 0.1) is 0 Å². The van der Waals surface area contributed by atoms with Gasteiger partial charge in [0.25, 0.3) is 0 Å². The maximum atomic E-state index is 12.1. The Bertz CT molecular complexity index is 743. The number of benzene rings is 1. The summed E-state index contributed by atoms with van der Waals surface area (Å²) in [5.74, 6) is 0. The summed E-state index contributed by atoms with van der Waals surface area (Å²) in [4.78, 5) is 2.20. The largest absolute Gasteiger partial charge is 0.298 e. The summed E-state index contributed by atoms with van der Waals surface area (Å²) in [7, 11) is -3.18. The van der Waals surface area contributed by atoms with Crippen LogP contribution < -0.4 is 4.72 Å². The monoisotopic (exact) mass is 334 g/mol. The van der Waals surface area contributed by atoms with E-state index < -0.39 is 10.0 Å². The van der Waals surface area contributed by atoms with Gasteiger partial charge in [0.1, 0.15) is 0 Å². The standard InChI is InChI=1S/C16H22N4O2S/c1-2-18-23(21,22)16-7-10-19(13-16)12-14-5-3-6-15(11-14)20-9-4-8-17-20/h3-6,8-9,11,16,18H,2,7,10,12-13H2,1H3/t16-/m0/s1. The highest BCUT2D eigenvalue weighted by atomic mass is 32.2. The molecule has 1 aliphatic heterocycles. The SMILES string of the molecule is CCNS(=O)(=O)[C@H]1CCN(Cc2cccc(-n3cccn3)c2)C1. The maximum Gasteiger partial charge on any atom is 0.215 e. The van der Waals surface area contributed by atoms with Crippen molar-refractivity contribution >= 4 is 10.0 Å². The Balaban J connectivity index is 1.66. The maximum absolute atomic E-state index is 12.1. The van der Waals surface area contributed by atoms with Gasteiger partial charge < -0.3 is 0 Å². The average molecular weight is 334 g/mol. The van der Waals surface area contributed by atoms with Gasteiger partial charge in [0.15, 0.2) is 0 Å². The van der Waals surface area contributed by atoms with E-state index in [9.17, 15) is 8.42 Å². The highest BCUT2D eigenvalue weighted by Gasteiger charge is 2.32. The molecule has 1 aromatic heterocycles. The van der Waals surface area contributed by atoms with Gasteiger partial charge >= 0.3 is 0 Å². The molecule has 1 aromatic carbocycles. The van der Waals surface area contributed by atoms with Crippen molar-refractivity contribution in [3.63, 3.8) is 0 Å². The number of hydrogen-bond donors (Lipinski definition) is 1. The Kier molecular flexibility index (Phi) is 4.79. The molecule has 0 radical (unpaired) electrons. The van der Waals surface area contributed by atoms with Crippen LogP contribution in [0.25, 0.3) is 5.69 Å². The number of hydrogen-bond acceptors (Lipinski definition) is 4. The molecule has 1 fully saturated rings. The zero-order chi connectivity index (χ0) is 16.3. The Morgan fingerprint density at radius 3 is 2.96 bits per heavy atom. The second-order valence-corrected chi connectivity index (χ2v) is 7.85. The minimum absolute atomic E-state index is 0.309. The third kappa shape index (κ3) is 3.80. The molecule has 2 aromatic rings. The zero-order valence-corrected chi connectivity index (χ0v) is 14.0. The molecule has 124 valence electrons. The van der Waals surface area contributed by atoms with Crippen molar-refractivity contribution in [2.24, 2.45) is 0 Å². The normalized spacial score (nSPS) is 19.3. The molecule has 0 saturated carbocycles. The Labute approximate surface area is 137 Å². The smallest absolute Gasteiger partial charge is 0.215 e. The van der Waals surface area contributed by atoms with Crippen LogP contribution >= 0.6 is 0 Å². The molecule has 0 bridgehead atoms. The van der Waals surface area contributed by atoms with E-state index in [0.717, 1.165) is 18.8 Å². The lowest BCUT2D eigenvalue weighted by molar-refractivity contribution is 0.331. The van der Waals surface area contributed by atoms with Crippen LogP contribution in [0.3, 0.4) is 0 Å². The molecule has 1 N–H and O–H groups in total. The Morgan fingerprint density at radius 1 is 1.35 bits per heavy atom. The summed E-state index contributed by atoms with van der Waals surface area (Å²) >= 11 is 0. The van der Waals surface area contributed by atoms with Crippen LogP contribution in [0.15, 0.2) is 42.7 Å². The molecule has 0 unspecified atom stereocenters. The lowest BCUT2D eigenvalue weighted by Gasteiger charge is -2.17. The van der Waals surface area contributed by atoms with Crippen LogP contribution in [-0.2, 0) is 16.6 Å². The summed E-state index contributed by atoms with van der Waals surface area (Å²) in [5.41, 5.74) is 2.18. The molecule has 1 atom stereocenters. The van der Waals surface area contributed by atoms with E-state index in [0.29, 0.717) is 19.5 Å². The Morgan fingerprint density at radius 2 is 2.22 bits per heavy atom. The van der Waals surface area contributed by atoms with Gasteiger partial charge in [0.2, 0.25) is 10.0 Å². The van der Waals surface area contributed by atoms with Crippen molar-refractivity contribution in [3.8, 4) is 5.69 Å². The quantitative estimate of drug-likeness (QED) is 0.867. The van der Waals surface area contributed by atoms with E-state index in [4.69, 9.17) is 0 Å². The fourth-order valence-corrected chi connectivity index (χ4v) is 4.45. The summed E-state index contributed by atoms with van der Waals surface area (Å²) in [6.07, 6.45) is 4.35. The van der Waals surface area contributed by atoms with Gasteiger partial charge in [0, 0.05) is 32.0 Å². The van der Waals surface area contributed by atoms with Crippen LogP contribution in [0.5, 0.6) is 0 Å². The fourth-order valence-electron chi connectivity index (χ4n) is 2.99. The van der Waals surface area contributed by atoms with E-state index >= 15 is 0 Å². The first kappa shape index (κ1) is 16.2. The van der Waals surface area contributed by atoms with Gasteiger partial charge in [-0.05, 0) is 36.7 Å². The summed E-state index contributed by atoms with van der Waals surface area (Å²) < 4.78 is 28.6. The number of rotatable bonds is 6. The van der Waals surface area contributed by atoms with Crippen LogP contribution in [-0.4, -0.2) is 48.0 Å². The van der Waals surface area contributed by atoms with Gasteiger partial charge in [-0.2, -0.15) is 5.10 Å². The van der Waals surface area contributed by atoms with Gasteiger partial charge in [-0.25, -0.2) is 17.8 Å². The summed E-state index contributed by atoms with van der Waals surface area (Å²) in [5, 5.41) is 3.93. The predicted octanol–water partition coefficient (Wildman–Crippen LogP) is 1.39. The number of sulfonamides is 1. The zero-order valence-electron chi connectivity index (χ0n) is 13.2. The fraction of sp³-hybridized carbons (Fsp3) is 0.438. The number of aromatic nitrogens is 2. The van der Waals surface area contributed by atoms with E-state index in [1.54, 1.807) is 6.20 Å². The van der Waals surface area contributed by atoms with Gasteiger partial charge in [-0.1, -0.05) is 19.1 Å². The van der Waals surface area contributed by atoms with Crippen LogP contribution in [0.4, 0.5) is 0 Å². The summed E-state index contributed by atoms with van der Waals surface area (Å²) in [6.45, 7) is 4.41. The average Bonchev–Trinajstić information content (AvgIpc) is 3.19. The van der Waals surface area contributed by atoms with Gasteiger partial charge in [0.05, 0.1) is 10.9 Å². The highest BCUT2D eigenvalue weighted by molar-refractivity contribution is 7.90. The number of likely N-dealkylation sites (tertiary alicyclic amines) is 1. The molecule has 3 rings (SSSR count). The predicted molar refractivity (Wildman–Crippen MR) is 89.8 cm³/mol. The molecule has 23 heavy (non-hydrogen) atoms. The van der Waals surface area contributed by atoms with Gasteiger partial charge in [-0.3, -0.25) is 4.90 Å². The minimum atomic E-state index is -3.18. The third-order valence-electron chi connectivity index (χ3n) is 4.10. The van der Waals surface area contributed by atoms with Crippen molar-refractivity contribution in [2.75, 3.05) is 19.6 Å². The van der Waals surface area contributed by atoms with Crippen LogP contribution in [0.2, 0.25) is 0 Å². The van der Waals surface area contributed by atoms with Crippen molar-refractivity contribution in [1.82, 2.24) is 19.4 Å². The van der Waals surface area contributed by atoms with Crippen molar-refractivity contribution in [1.29, 1.82) is 0 Å². The second kappa shape index (κ2) is 6.82. The lowest BCUT2D eigenvalue weighted by Crippen LogP contribution is -2.36. The number of nitrogens with one attached hydrogen (secondary N) is 1. The number of nitrogens with zero attached hydrogens (tertiary/aromatic N) is 3.